The van der Waals surface area contributed by atoms with Gasteiger partial charge in [-0.1, -0.05) is 66.7 Å². The van der Waals surface area contributed by atoms with E-state index in [0.29, 0.717) is 16.6 Å². The van der Waals surface area contributed by atoms with E-state index in [0.717, 1.165) is 10.9 Å². The first-order valence-corrected chi connectivity index (χ1v) is 16.9. The van der Waals surface area contributed by atoms with Crippen molar-refractivity contribution in [1.29, 1.82) is 0 Å². The summed E-state index contributed by atoms with van der Waals surface area (Å²) in [5.74, 6) is -0.227. The molecule has 4 N–H and O–H groups in total. The number of anilines is 1. The number of nitrogens with one attached hydrogen (secondary N) is 1. The molecule has 0 bridgehead atoms. The lowest BCUT2D eigenvalue weighted by molar-refractivity contribution is -0.150. The second-order valence-corrected chi connectivity index (χ2v) is 13.5. The van der Waals surface area contributed by atoms with Gasteiger partial charge in [0.05, 0.1) is 26.1 Å². The molecule has 5 aromatic rings. The summed E-state index contributed by atoms with van der Waals surface area (Å²) in [6.45, 7) is 4.60. The molecule has 1 saturated heterocycles. The highest BCUT2D eigenvalue weighted by Crippen LogP contribution is 2.48. The number of nitrogens with two attached hydrogens (primary N) is 1. The number of hydrogen-bond donors (Lipinski definition) is 3. The van der Waals surface area contributed by atoms with Gasteiger partial charge >= 0.3 is 13.7 Å². The zero-order valence-electron chi connectivity index (χ0n) is 26.8. The van der Waals surface area contributed by atoms with Gasteiger partial charge in [0.2, 0.25) is 11.8 Å². The van der Waals surface area contributed by atoms with E-state index in [2.05, 4.69) is 20.0 Å². The number of nitrogens with zero attached hydrogens (tertiary/aromatic N) is 4. The van der Waals surface area contributed by atoms with Crippen LogP contribution in [0.3, 0.4) is 0 Å². The van der Waals surface area contributed by atoms with E-state index < -0.39 is 43.8 Å². The molecule has 1 aliphatic heterocycles. The molecule has 6 atom stereocenters. The van der Waals surface area contributed by atoms with Gasteiger partial charge in [-0.15, -0.1) is 0 Å². The van der Waals surface area contributed by atoms with Crippen molar-refractivity contribution in [2.75, 3.05) is 19.5 Å². The lowest BCUT2D eigenvalue weighted by Crippen LogP contribution is -2.36. The lowest BCUT2D eigenvalue weighted by Gasteiger charge is -2.25. The maximum atomic E-state index is 14.5. The van der Waals surface area contributed by atoms with E-state index in [4.69, 9.17) is 29.0 Å². The standard InChI is InChI=1S/C33H37N6O8P/c1-20(30(40)45-21(2)22-11-6-5-7-12-22)38-48(42,47-26-16-10-14-23-13-8-9-15-25(23)26)44-18-24-17-33(3,41)31(46-24)39-19-35-27-28(39)36-32(34)37-29(27)43-4/h5-16,19-21,24,31,41H,17-18H2,1-4H3,(H,38,42)(H2,34,36,37)/t20-,21-,24-,31?,33+,48?/m0/s1. The molecule has 1 fully saturated rings. The van der Waals surface area contributed by atoms with Gasteiger partial charge in [-0.3, -0.25) is 13.9 Å². The van der Waals surface area contributed by atoms with Crippen LogP contribution in [-0.4, -0.2) is 62.1 Å². The first-order chi connectivity index (χ1) is 23.0. The molecule has 2 aromatic heterocycles. The van der Waals surface area contributed by atoms with Crippen molar-refractivity contribution in [3.05, 3.63) is 84.7 Å². The lowest BCUT2D eigenvalue weighted by atomic mass is 10.0. The quantitative estimate of drug-likeness (QED) is 0.117. The van der Waals surface area contributed by atoms with Crippen LogP contribution in [-0.2, 0) is 23.4 Å². The van der Waals surface area contributed by atoms with Gasteiger partial charge < -0.3 is 29.6 Å². The van der Waals surface area contributed by atoms with Gasteiger partial charge in [-0.25, -0.2) is 9.55 Å². The van der Waals surface area contributed by atoms with Crippen LogP contribution in [0.25, 0.3) is 21.9 Å². The molecular weight excluding hydrogens is 639 g/mol. The fraction of sp³-hybridized carbons (Fsp3) is 0.333. The third-order valence-corrected chi connectivity index (χ3v) is 9.64. The monoisotopic (exact) mass is 676 g/mol. The Morgan fingerprint density at radius 2 is 1.85 bits per heavy atom. The number of carbonyl (C=O) groups excluding carboxylic acids is 1. The predicted octanol–water partition coefficient (Wildman–Crippen LogP) is 5.10. The normalized spacial score (nSPS) is 21.9. The predicted molar refractivity (Wildman–Crippen MR) is 177 cm³/mol. The third kappa shape index (κ3) is 6.98. The average Bonchev–Trinajstić information content (AvgIpc) is 3.62. The van der Waals surface area contributed by atoms with Crippen molar-refractivity contribution in [2.45, 2.75) is 57.3 Å². The summed E-state index contributed by atoms with van der Waals surface area (Å²) in [6, 6.07) is 21.0. The smallest absolute Gasteiger partial charge is 0.459 e. The molecule has 15 heteroatoms. The Bertz CT molecular complexity index is 1970. The molecule has 14 nitrogen and oxygen atoms in total. The molecule has 0 radical (unpaired) electrons. The summed E-state index contributed by atoms with van der Waals surface area (Å²) >= 11 is 0. The molecule has 1 aliphatic rings. The minimum Gasteiger partial charge on any atom is -0.479 e. The van der Waals surface area contributed by atoms with Crippen molar-refractivity contribution >= 4 is 41.6 Å². The van der Waals surface area contributed by atoms with Gasteiger partial charge in [0.15, 0.2) is 17.4 Å². The highest BCUT2D eigenvalue weighted by atomic mass is 31.2. The Morgan fingerprint density at radius 1 is 1.12 bits per heavy atom. The first kappa shape index (κ1) is 33.3. The number of rotatable bonds is 12. The minimum absolute atomic E-state index is 0.0398. The number of esters is 1. The Hall–Kier alpha value is -4.59. The Morgan fingerprint density at radius 3 is 2.62 bits per heavy atom. The van der Waals surface area contributed by atoms with Gasteiger partial charge in [-0.2, -0.15) is 15.1 Å². The van der Waals surface area contributed by atoms with E-state index in [1.165, 1.54) is 24.9 Å². The first-order valence-electron chi connectivity index (χ1n) is 15.3. The molecule has 3 heterocycles. The Labute approximate surface area is 276 Å². The van der Waals surface area contributed by atoms with Crippen LogP contribution in [0, 0.1) is 0 Å². The topological polar surface area (TPSA) is 182 Å². The molecule has 0 amide bonds. The second-order valence-electron chi connectivity index (χ2n) is 11.8. The number of benzene rings is 3. The third-order valence-electron chi connectivity index (χ3n) is 8.01. The van der Waals surface area contributed by atoms with Crippen LogP contribution in [0.5, 0.6) is 11.6 Å². The molecule has 252 valence electrons. The molecule has 0 spiro atoms. The van der Waals surface area contributed by atoms with Crippen LogP contribution in [0.2, 0.25) is 0 Å². The number of hydrogen-bond acceptors (Lipinski definition) is 12. The molecule has 0 aliphatic carbocycles. The van der Waals surface area contributed by atoms with Crippen LogP contribution in [0.1, 0.15) is 45.1 Å². The van der Waals surface area contributed by atoms with Crippen molar-refractivity contribution in [1.82, 2.24) is 24.6 Å². The molecule has 0 saturated carbocycles. The Kier molecular flexibility index (Phi) is 9.37. The number of fused-ring (bicyclic) bond motifs is 2. The maximum absolute atomic E-state index is 14.5. The fourth-order valence-electron chi connectivity index (χ4n) is 5.66. The van der Waals surface area contributed by atoms with Crippen molar-refractivity contribution in [2.24, 2.45) is 0 Å². The maximum Gasteiger partial charge on any atom is 0.459 e. The minimum atomic E-state index is -4.29. The van der Waals surface area contributed by atoms with Gasteiger partial charge in [0, 0.05) is 11.8 Å². The van der Waals surface area contributed by atoms with E-state index in [-0.39, 0.29) is 30.6 Å². The van der Waals surface area contributed by atoms with E-state index >= 15 is 0 Å². The molecule has 48 heavy (non-hydrogen) atoms. The van der Waals surface area contributed by atoms with E-state index in [1.54, 1.807) is 26.0 Å². The zero-order valence-corrected chi connectivity index (χ0v) is 27.7. The van der Waals surface area contributed by atoms with Crippen molar-refractivity contribution in [3.63, 3.8) is 0 Å². The highest BCUT2D eigenvalue weighted by molar-refractivity contribution is 7.52. The number of aliphatic hydroxyl groups is 1. The number of methoxy groups -OCH3 is 1. The summed E-state index contributed by atoms with van der Waals surface area (Å²) in [5, 5.41) is 15.7. The fourth-order valence-corrected chi connectivity index (χ4v) is 7.20. The number of carbonyl (C=O) groups is 1. The number of aromatic nitrogens is 4. The van der Waals surface area contributed by atoms with E-state index in [9.17, 15) is 14.5 Å². The van der Waals surface area contributed by atoms with Crippen molar-refractivity contribution < 1.29 is 37.7 Å². The van der Waals surface area contributed by atoms with Gasteiger partial charge in [-0.05, 0) is 37.8 Å². The van der Waals surface area contributed by atoms with Crippen molar-refractivity contribution in [3.8, 4) is 11.6 Å². The number of nitrogen functional groups attached to an aromatic ring is 1. The number of ether oxygens (including phenoxy) is 3. The molecule has 2 unspecified atom stereocenters. The zero-order chi connectivity index (χ0) is 34.1. The summed E-state index contributed by atoms with van der Waals surface area (Å²) < 4.78 is 45.2. The van der Waals surface area contributed by atoms with E-state index in [1.807, 2.05) is 60.7 Å². The Balaban J connectivity index is 1.22. The summed E-state index contributed by atoms with van der Waals surface area (Å²) in [6.07, 6.45) is -0.725. The molecule has 3 aromatic carbocycles. The summed E-state index contributed by atoms with van der Waals surface area (Å²) in [5.41, 5.74) is 5.90. The summed E-state index contributed by atoms with van der Waals surface area (Å²) in [4.78, 5) is 25.8. The highest BCUT2D eigenvalue weighted by Gasteiger charge is 2.47. The van der Waals surface area contributed by atoms with Gasteiger partial charge in [0.1, 0.15) is 23.5 Å². The van der Waals surface area contributed by atoms with Crippen LogP contribution in [0.15, 0.2) is 79.1 Å². The van der Waals surface area contributed by atoms with Crippen LogP contribution < -0.4 is 20.1 Å². The van der Waals surface area contributed by atoms with Crippen LogP contribution >= 0.6 is 7.75 Å². The second kappa shape index (κ2) is 13.5. The van der Waals surface area contributed by atoms with Gasteiger partial charge in [0.25, 0.3) is 0 Å². The summed E-state index contributed by atoms with van der Waals surface area (Å²) in [7, 11) is -2.85. The molecule has 6 rings (SSSR count). The molecular formula is C33H37N6O8P. The number of imidazole rings is 1. The average molecular weight is 677 g/mol. The van der Waals surface area contributed by atoms with Crippen LogP contribution in [0.4, 0.5) is 5.95 Å². The SMILES string of the molecule is COc1nc(N)nc2c1ncn2C1O[C@H](COP(=O)(N[C@@H](C)C(=O)O[C@@H](C)c2ccccc2)Oc2cccc3ccccc23)C[C@@]1(C)O. The largest absolute Gasteiger partial charge is 0.479 e.